The SMILES string of the molecule is CCN1CCC(c2cc(NC(=O)OCCCCOC)nc3cc[nH]c23)CC1. The van der Waals surface area contributed by atoms with Crippen LogP contribution in [0.3, 0.4) is 0 Å². The molecule has 148 valence electrons. The third-order valence-electron chi connectivity index (χ3n) is 5.23. The van der Waals surface area contributed by atoms with E-state index in [2.05, 4.69) is 27.1 Å². The number of pyridine rings is 1. The predicted molar refractivity (Wildman–Crippen MR) is 106 cm³/mol. The summed E-state index contributed by atoms with van der Waals surface area (Å²) in [7, 11) is 1.67. The molecule has 1 aliphatic rings. The highest BCUT2D eigenvalue weighted by molar-refractivity contribution is 5.87. The second-order valence-electron chi connectivity index (χ2n) is 7.00. The zero-order valence-corrected chi connectivity index (χ0v) is 16.3. The van der Waals surface area contributed by atoms with Crippen LogP contribution in [0.15, 0.2) is 18.3 Å². The molecule has 0 radical (unpaired) electrons. The molecule has 2 aromatic rings. The summed E-state index contributed by atoms with van der Waals surface area (Å²) in [5, 5.41) is 2.79. The normalized spacial score (nSPS) is 15.9. The first kappa shape index (κ1) is 19.6. The van der Waals surface area contributed by atoms with Gasteiger partial charge in [0.05, 0.1) is 17.6 Å². The Morgan fingerprint density at radius 2 is 2.11 bits per heavy atom. The van der Waals surface area contributed by atoms with E-state index in [1.54, 1.807) is 7.11 Å². The lowest BCUT2D eigenvalue weighted by Crippen LogP contribution is -2.32. The number of H-pyrrole nitrogens is 1. The Kier molecular flexibility index (Phi) is 7.06. The molecule has 3 rings (SSSR count). The van der Waals surface area contributed by atoms with E-state index in [1.165, 1.54) is 5.56 Å². The van der Waals surface area contributed by atoms with Gasteiger partial charge < -0.3 is 19.4 Å². The van der Waals surface area contributed by atoms with Gasteiger partial charge in [-0.3, -0.25) is 5.32 Å². The summed E-state index contributed by atoms with van der Waals surface area (Å²) in [5.41, 5.74) is 3.18. The summed E-state index contributed by atoms with van der Waals surface area (Å²) < 4.78 is 10.2. The number of anilines is 1. The fraction of sp³-hybridized carbons (Fsp3) is 0.600. The van der Waals surface area contributed by atoms with Crippen molar-refractivity contribution in [3.8, 4) is 0 Å². The Morgan fingerprint density at radius 1 is 1.33 bits per heavy atom. The number of amides is 1. The van der Waals surface area contributed by atoms with Gasteiger partial charge in [0.15, 0.2) is 0 Å². The molecule has 0 aliphatic carbocycles. The largest absolute Gasteiger partial charge is 0.449 e. The lowest BCUT2D eigenvalue weighted by atomic mass is 9.89. The van der Waals surface area contributed by atoms with Crippen LogP contribution in [0.5, 0.6) is 0 Å². The van der Waals surface area contributed by atoms with Gasteiger partial charge in [0, 0.05) is 19.9 Å². The molecule has 1 saturated heterocycles. The molecule has 27 heavy (non-hydrogen) atoms. The lowest BCUT2D eigenvalue weighted by molar-refractivity contribution is 0.148. The molecule has 3 heterocycles. The number of likely N-dealkylation sites (tertiary alicyclic amines) is 1. The van der Waals surface area contributed by atoms with Crippen molar-refractivity contribution < 1.29 is 14.3 Å². The van der Waals surface area contributed by atoms with Gasteiger partial charge in [-0.1, -0.05) is 6.92 Å². The van der Waals surface area contributed by atoms with E-state index in [1.807, 2.05) is 18.3 Å². The quantitative estimate of drug-likeness (QED) is 0.688. The number of unbranched alkanes of at least 4 members (excludes halogenated alkanes) is 1. The number of ether oxygens (including phenoxy) is 2. The Hall–Kier alpha value is -2.12. The minimum atomic E-state index is -0.457. The first-order valence-electron chi connectivity index (χ1n) is 9.84. The molecule has 1 fully saturated rings. The van der Waals surface area contributed by atoms with Crippen LogP contribution in [-0.2, 0) is 9.47 Å². The number of nitrogens with zero attached hydrogens (tertiary/aromatic N) is 2. The molecule has 0 bridgehead atoms. The van der Waals surface area contributed by atoms with E-state index in [-0.39, 0.29) is 0 Å². The van der Waals surface area contributed by atoms with Crippen LogP contribution in [0.1, 0.15) is 44.1 Å². The van der Waals surface area contributed by atoms with Crippen molar-refractivity contribution in [2.75, 3.05) is 45.3 Å². The molecule has 0 aromatic carbocycles. The number of aromatic nitrogens is 2. The third-order valence-corrected chi connectivity index (χ3v) is 5.23. The summed E-state index contributed by atoms with van der Waals surface area (Å²) in [6, 6.07) is 3.94. The topological polar surface area (TPSA) is 79.5 Å². The van der Waals surface area contributed by atoms with E-state index in [0.717, 1.165) is 56.4 Å². The number of carbonyl (C=O) groups is 1. The molecule has 1 aliphatic heterocycles. The van der Waals surface area contributed by atoms with Crippen LogP contribution in [0.2, 0.25) is 0 Å². The van der Waals surface area contributed by atoms with E-state index in [0.29, 0.717) is 24.9 Å². The number of hydrogen-bond acceptors (Lipinski definition) is 5. The highest BCUT2D eigenvalue weighted by atomic mass is 16.5. The van der Waals surface area contributed by atoms with Gasteiger partial charge >= 0.3 is 6.09 Å². The van der Waals surface area contributed by atoms with Gasteiger partial charge in [0.2, 0.25) is 0 Å². The van der Waals surface area contributed by atoms with E-state index in [4.69, 9.17) is 9.47 Å². The van der Waals surface area contributed by atoms with Crippen LogP contribution in [0, 0.1) is 0 Å². The minimum Gasteiger partial charge on any atom is -0.449 e. The summed E-state index contributed by atoms with van der Waals surface area (Å²) in [6.45, 7) is 6.58. The van der Waals surface area contributed by atoms with Crippen molar-refractivity contribution >= 4 is 22.9 Å². The first-order chi connectivity index (χ1) is 13.2. The molecule has 7 heteroatoms. The smallest absolute Gasteiger partial charge is 0.412 e. The number of nitrogens with one attached hydrogen (secondary N) is 2. The van der Waals surface area contributed by atoms with E-state index >= 15 is 0 Å². The first-order valence-corrected chi connectivity index (χ1v) is 9.84. The Balaban J connectivity index is 1.65. The second-order valence-corrected chi connectivity index (χ2v) is 7.00. The zero-order chi connectivity index (χ0) is 19.1. The molecular weight excluding hydrogens is 344 g/mol. The fourth-order valence-electron chi connectivity index (χ4n) is 3.67. The number of carbonyl (C=O) groups excluding carboxylic acids is 1. The molecule has 2 aromatic heterocycles. The van der Waals surface area contributed by atoms with Gasteiger partial charge in [-0.2, -0.15) is 0 Å². The van der Waals surface area contributed by atoms with Crippen LogP contribution >= 0.6 is 0 Å². The average molecular weight is 374 g/mol. The minimum absolute atomic E-state index is 0.379. The number of piperidine rings is 1. The van der Waals surface area contributed by atoms with Gasteiger partial charge in [-0.25, -0.2) is 9.78 Å². The summed E-state index contributed by atoms with van der Waals surface area (Å²) in [6.07, 6.45) is 5.34. The van der Waals surface area contributed by atoms with Crippen LogP contribution in [0.25, 0.3) is 11.0 Å². The van der Waals surface area contributed by atoms with E-state index in [9.17, 15) is 4.79 Å². The standard InChI is InChI=1S/C20H30N4O3/c1-3-24-10-7-15(8-11-24)16-14-18(22-17-6-9-21-19(16)17)23-20(25)27-13-5-4-12-26-2/h6,9,14-15,21H,3-5,7-8,10-13H2,1-2H3,(H,22,23,25). The van der Waals surface area contributed by atoms with Gasteiger partial charge in [-0.05, 0) is 68.9 Å². The summed E-state index contributed by atoms with van der Waals surface area (Å²) in [5.74, 6) is 1.03. The average Bonchev–Trinajstić information content (AvgIpc) is 3.16. The monoisotopic (exact) mass is 374 g/mol. The highest BCUT2D eigenvalue weighted by Gasteiger charge is 2.23. The Labute approximate surface area is 160 Å². The molecule has 0 unspecified atom stereocenters. The van der Waals surface area contributed by atoms with Crippen molar-refractivity contribution in [2.45, 2.75) is 38.5 Å². The van der Waals surface area contributed by atoms with Crippen molar-refractivity contribution in [3.63, 3.8) is 0 Å². The molecule has 0 atom stereocenters. The van der Waals surface area contributed by atoms with Crippen molar-refractivity contribution in [1.29, 1.82) is 0 Å². The maximum Gasteiger partial charge on any atom is 0.412 e. The maximum atomic E-state index is 12.1. The molecule has 1 amide bonds. The van der Waals surface area contributed by atoms with Gasteiger partial charge in [-0.15, -0.1) is 0 Å². The van der Waals surface area contributed by atoms with Crippen LogP contribution in [0.4, 0.5) is 10.6 Å². The second kappa shape index (κ2) is 9.71. The number of fused-ring (bicyclic) bond motifs is 1. The Morgan fingerprint density at radius 3 is 2.85 bits per heavy atom. The van der Waals surface area contributed by atoms with Crippen molar-refractivity contribution in [2.24, 2.45) is 0 Å². The number of methoxy groups -OCH3 is 1. The van der Waals surface area contributed by atoms with Gasteiger partial charge in [0.25, 0.3) is 0 Å². The fourth-order valence-corrected chi connectivity index (χ4v) is 3.67. The predicted octanol–water partition coefficient (Wildman–Crippen LogP) is 3.74. The summed E-state index contributed by atoms with van der Waals surface area (Å²) >= 11 is 0. The Bertz CT molecular complexity index is 738. The van der Waals surface area contributed by atoms with Gasteiger partial charge in [0.1, 0.15) is 5.82 Å². The molecule has 7 nitrogen and oxygen atoms in total. The third kappa shape index (κ3) is 5.20. The van der Waals surface area contributed by atoms with Crippen molar-refractivity contribution in [1.82, 2.24) is 14.9 Å². The summed E-state index contributed by atoms with van der Waals surface area (Å²) in [4.78, 5) is 22.4. The number of hydrogen-bond donors (Lipinski definition) is 2. The zero-order valence-electron chi connectivity index (χ0n) is 16.3. The molecule has 2 N–H and O–H groups in total. The number of aromatic amines is 1. The van der Waals surface area contributed by atoms with Crippen LogP contribution in [-0.4, -0.2) is 60.9 Å². The van der Waals surface area contributed by atoms with Crippen molar-refractivity contribution in [3.05, 3.63) is 23.9 Å². The molecule has 0 spiro atoms. The molecular formula is C20H30N4O3. The lowest BCUT2D eigenvalue weighted by Gasteiger charge is -2.31. The van der Waals surface area contributed by atoms with Crippen LogP contribution < -0.4 is 5.32 Å². The maximum absolute atomic E-state index is 12.1. The number of rotatable bonds is 8. The molecule has 0 saturated carbocycles. The highest BCUT2D eigenvalue weighted by Crippen LogP contribution is 2.33. The van der Waals surface area contributed by atoms with E-state index < -0.39 is 6.09 Å².